The second kappa shape index (κ2) is 6.04. The van der Waals surface area contributed by atoms with Crippen molar-refractivity contribution in [2.24, 2.45) is 0 Å². The van der Waals surface area contributed by atoms with E-state index in [-0.39, 0.29) is 17.2 Å². The molecule has 130 valence electrons. The minimum atomic E-state index is -0.140. The Morgan fingerprint density at radius 1 is 1.24 bits per heavy atom. The molecule has 25 heavy (non-hydrogen) atoms. The molecule has 6 heteroatoms. The van der Waals surface area contributed by atoms with Crippen LogP contribution in [0.4, 0.5) is 0 Å². The average molecular weight is 339 g/mol. The third-order valence-electron chi connectivity index (χ3n) is 4.89. The average Bonchev–Trinajstić information content (AvgIpc) is 3.19. The molecule has 0 aliphatic carbocycles. The van der Waals surface area contributed by atoms with E-state index < -0.39 is 0 Å². The highest BCUT2D eigenvalue weighted by atomic mass is 16.5. The van der Waals surface area contributed by atoms with Gasteiger partial charge in [-0.2, -0.15) is 0 Å². The Kier molecular flexibility index (Phi) is 3.84. The van der Waals surface area contributed by atoms with E-state index in [1.807, 2.05) is 38.1 Å². The SMILES string of the molecule is Cc1cccc(-n2[nH]c3cc(=O)n(CC4CCCO4)c(C)c3c2=O)c1. The van der Waals surface area contributed by atoms with Gasteiger partial charge in [-0.05, 0) is 44.4 Å². The summed E-state index contributed by atoms with van der Waals surface area (Å²) in [6, 6.07) is 9.20. The molecule has 1 atom stereocenters. The van der Waals surface area contributed by atoms with Crippen molar-refractivity contribution in [2.75, 3.05) is 6.61 Å². The zero-order chi connectivity index (χ0) is 17.6. The fraction of sp³-hybridized carbons (Fsp3) is 0.368. The lowest BCUT2D eigenvalue weighted by molar-refractivity contribution is 0.0958. The van der Waals surface area contributed by atoms with E-state index in [1.54, 1.807) is 4.57 Å². The number of nitrogens with zero attached hydrogens (tertiary/aromatic N) is 2. The number of ether oxygens (including phenoxy) is 1. The third kappa shape index (κ3) is 2.72. The number of fused-ring (bicyclic) bond motifs is 1. The van der Waals surface area contributed by atoms with Crippen LogP contribution in [0.5, 0.6) is 0 Å². The van der Waals surface area contributed by atoms with Crippen molar-refractivity contribution in [1.82, 2.24) is 14.3 Å². The number of benzene rings is 1. The molecule has 0 spiro atoms. The molecular weight excluding hydrogens is 318 g/mol. The van der Waals surface area contributed by atoms with Crippen molar-refractivity contribution in [1.29, 1.82) is 0 Å². The van der Waals surface area contributed by atoms with Gasteiger partial charge >= 0.3 is 0 Å². The molecule has 3 heterocycles. The Balaban J connectivity index is 1.87. The van der Waals surface area contributed by atoms with Crippen LogP contribution in [-0.2, 0) is 11.3 Å². The van der Waals surface area contributed by atoms with Crippen molar-refractivity contribution in [3.05, 3.63) is 62.3 Å². The van der Waals surface area contributed by atoms with Gasteiger partial charge in [0.15, 0.2) is 0 Å². The summed E-state index contributed by atoms with van der Waals surface area (Å²) in [5.74, 6) is 0. The number of nitrogens with one attached hydrogen (secondary N) is 1. The lowest BCUT2D eigenvalue weighted by atomic mass is 10.2. The quantitative estimate of drug-likeness (QED) is 0.796. The zero-order valence-corrected chi connectivity index (χ0v) is 14.4. The molecule has 0 radical (unpaired) electrons. The Morgan fingerprint density at radius 2 is 2.08 bits per heavy atom. The van der Waals surface area contributed by atoms with Gasteiger partial charge in [0.25, 0.3) is 11.1 Å². The topological polar surface area (TPSA) is 69.0 Å². The molecule has 6 nitrogen and oxygen atoms in total. The number of aryl methyl sites for hydroxylation is 2. The predicted octanol–water partition coefficient (Wildman–Crippen LogP) is 2.28. The number of aromatic nitrogens is 3. The van der Waals surface area contributed by atoms with Gasteiger partial charge in [-0.1, -0.05) is 12.1 Å². The first-order chi connectivity index (χ1) is 12.0. The Hall–Kier alpha value is -2.60. The fourth-order valence-electron chi connectivity index (χ4n) is 3.58. The van der Waals surface area contributed by atoms with Gasteiger partial charge in [-0.15, -0.1) is 0 Å². The van der Waals surface area contributed by atoms with Crippen LogP contribution in [-0.4, -0.2) is 27.1 Å². The monoisotopic (exact) mass is 339 g/mol. The summed E-state index contributed by atoms with van der Waals surface area (Å²) in [4.78, 5) is 25.5. The normalized spacial score (nSPS) is 17.4. The van der Waals surface area contributed by atoms with Crippen LogP contribution in [0.2, 0.25) is 0 Å². The summed E-state index contributed by atoms with van der Waals surface area (Å²) in [6.07, 6.45) is 2.02. The van der Waals surface area contributed by atoms with Gasteiger partial charge < -0.3 is 9.30 Å². The Morgan fingerprint density at radius 3 is 2.80 bits per heavy atom. The minimum Gasteiger partial charge on any atom is -0.376 e. The summed E-state index contributed by atoms with van der Waals surface area (Å²) in [6.45, 7) is 5.04. The molecule has 1 fully saturated rings. The van der Waals surface area contributed by atoms with Crippen molar-refractivity contribution < 1.29 is 4.74 Å². The molecule has 1 aliphatic rings. The van der Waals surface area contributed by atoms with Crippen LogP contribution in [0.15, 0.2) is 39.9 Å². The molecule has 1 saturated heterocycles. The maximum Gasteiger partial charge on any atom is 0.280 e. The molecule has 1 unspecified atom stereocenters. The standard InChI is InChI=1S/C19H21N3O3/c1-12-5-3-6-14(9-12)22-19(24)18-13(2)21(11-15-7-4-8-25-15)17(23)10-16(18)20-22/h3,5-6,9-10,15,20H,4,7-8,11H2,1-2H3. The number of pyridine rings is 1. The van der Waals surface area contributed by atoms with Crippen molar-refractivity contribution in [3.63, 3.8) is 0 Å². The van der Waals surface area contributed by atoms with Crippen LogP contribution in [0.1, 0.15) is 24.1 Å². The molecule has 0 saturated carbocycles. The van der Waals surface area contributed by atoms with Crippen LogP contribution in [0, 0.1) is 13.8 Å². The molecular formula is C19H21N3O3. The van der Waals surface area contributed by atoms with E-state index in [4.69, 9.17) is 4.74 Å². The van der Waals surface area contributed by atoms with Gasteiger partial charge in [0.2, 0.25) is 0 Å². The Labute approximate surface area is 144 Å². The molecule has 1 aromatic carbocycles. The number of H-pyrrole nitrogens is 1. The second-order valence-corrected chi connectivity index (χ2v) is 6.69. The molecule has 1 aliphatic heterocycles. The third-order valence-corrected chi connectivity index (χ3v) is 4.89. The first kappa shape index (κ1) is 15.9. The van der Waals surface area contributed by atoms with E-state index in [0.29, 0.717) is 23.1 Å². The number of hydrogen-bond donors (Lipinski definition) is 1. The summed E-state index contributed by atoms with van der Waals surface area (Å²) in [7, 11) is 0. The van der Waals surface area contributed by atoms with Crippen LogP contribution in [0.25, 0.3) is 16.6 Å². The molecule has 0 amide bonds. The van der Waals surface area contributed by atoms with Gasteiger partial charge in [0.05, 0.1) is 29.2 Å². The summed E-state index contributed by atoms with van der Waals surface area (Å²) in [5, 5.41) is 3.62. The van der Waals surface area contributed by atoms with Gasteiger partial charge in [0, 0.05) is 18.4 Å². The van der Waals surface area contributed by atoms with Crippen LogP contribution >= 0.6 is 0 Å². The van der Waals surface area contributed by atoms with E-state index in [9.17, 15) is 9.59 Å². The van der Waals surface area contributed by atoms with Crippen molar-refractivity contribution in [2.45, 2.75) is 39.3 Å². The minimum absolute atomic E-state index is 0.0480. The van der Waals surface area contributed by atoms with E-state index >= 15 is 0 Å². The van der Waals surface area contributed by atoms with Gasteiger partial charge in [-0.25, -0.2) is 4.68 Å². The lowest BCUT2D eigenvalue weighted by Gasteiger charge is -2.14. The van der Waals surface area contributed by atoms with Gasteiger partial charge in [-0.3, -0.25) is 14.7 Å². The summed E-state index contributed by atoms with van der Waals surface area (Å²) >= 11 is 0. The lowest BCUT2D eigenvalue weighted by Crippen LogP contribution is -2.28. The second-order valence-electron chi connectivity index (χ2n) is 6.69. The first-order valence-electron chi connectivity index (χ1n) is 8.58. The molecule has 2 aromatic heterocycles. The predicted molar refractivity (Wildman–Crippen MR) is 96.6 cm³/mol. The largest absolute Gasteiger partial charge is 0.376 e. The van der Waals surface area contributed by atoms with Crippen LogP contribution < -0.4 is 11.1 Å². The molecule has 3 aromatic rings. The molecule has 0 bridgehead atoms. The Bertz CT molecular complexity index is 1050. The zero-order valence-electron chi connectivity index (χ0n) is 14.4. The van der Waals surface area contributed by atoms with Crippen molar-refractivity contribution >= 4 is 10.9 Å². The van der Waals surface area contributed by atoms with Crippen LogP contribution in [0.3, 0.4) is 0 Å². The van der Waals surface area contributed by atoms with Crippen molar-refractivity contribution in [3.8, 4) is 5.69 Å². The number of hydrogen-bond acceptors (Lipinski definition) is 3. The van der Waals surface area contributed by atoms with E-state index in [1.165, 1.54) is 10.7 Å². The maximum atomic E-state index is 12.9. The molecule has 4 rings (SSSR count). The van der Waals surface area contributed by atoms with Gasteiger partial charge in [0.1, 0.15) is 0 Å². The maximum absolute atomic E-state index is 12.9. The highest BCUT2D eigenvalue weighted by molar-refractivity contribution is 5.80. The first-order valence-corrected chi connectivity index (χ1v) is 8.58. The number of aromatic amines is 1. The highest BCUT2D eigenvalue weighted by Gasteiger charge is 2.20. The van der Waals surface area contributed by atoms with E-state index in [0.717, 1.165) is 30.7 Å². The summed E-state index contributed by atoms with van der Waals surface area (Å²) < 4.78 is 8.81. The summed E-state index contributed by atoms with van der Waals surface area (Å²) in [5.41, 5.74) is 2.83. The molecule has 1 N–H and O–H groups in total. The number of rotatable bonds is 3. The highest BCUT2D eigenvalue weighted by Crippen LogP contribution is 2.17. The fourth-order valence-corrected chi connectivity index (χ4v) is 3.58. The smallest absolute Gasteiger partial charge is 0.280 e. The van der Waals surface area contributed by atoms with E-state index in [2.05, 4.69) is 5.10 Å².